The van der Waals surface area contributed by atoms with Crippen LogP contribution in [0.4, 0.5) is 17.1 Å². The standard InChI is InChI=1S/C51H53N3O8/c1-29-16-37-34(22-43(55)41-20-32-10-6-8-12-39(32)53(41)49(37)58)24-45(29)61-27-30-17-31(19-36(18-30)52-48(57)14-15-51(2,3)4)28-62-47-25-35-23-44(56)42-21-33-11-7-9-13-40(33)54(42)50(59)38(35)26-46(47)60-5/h6-13,16-19,24-26,41-44,55-56H,14-15,20-23,27-28H2,1-5H3,(H,52,57)/t41-,42-,43?,44?/m0/s1. The molecule has 0 saturated heterocycles. The van der Waals surface area contributed by atoms with Gasteiger partial charge in [0.2, 0.25) is 5.91 Å². The molecule has 5 aromatic rings. The first-order chi connectivity index (χ1) is 29.7. The number of amides is 3. The Labute approximate surface area is 362 Å². The van der Waals surface area contributed by atoms with Crippen molar-refractivity contribution in [3.8, 4) is 17.2 Å². The van der Waals surface area contributed by atoms with Crippen molar-refractivity contribution in [2.45, 2.75) is 104 Å². The number of methoxy groups -OCH3 is 1. The molecule has 4 aliphatic rings. The summed E-state index contributed by atoms with van der Waals surface area (Å²) in [5.41, 5.74) is 9.11. The van der Waals surface area contributed by atoms with E-state index in [2.05, 4.69) is 26.1 Å². The Kier molecular flexibility index (Phi) is 10.8. The number of hydrogen-bond donors (Lipinski definition) is 3. The van der Waals surface area contributed by atoms with Gasteiger partial charge >= 0.3 is 0 Å². The van der Waals surface area contributed by atoms with Crippen molar-refractivity contribution in [2.75, 3.05) is 22.2 Å². The number of carbonyl (C=O) groups is 3. The lowest BCUT2D eigenvalue weighted by Crippen LogP contribution is -2.43. The zero-order valence-corrected chi connectivity index (χ0v) is 35.9. The van der Waals surface area contributed by atoms with Crippen molar-refractivity contribution < 1.29 is 38.8 Å². The summed E-state index contributed by atoms with van der Waals surface area (Å²) in [5, 5.41) is 25.9. The molecule has 4 atom stereocenters. The first kappa shape index (κ1) is 41.2. The Hall–Kier alpha value is -6.17. The lowest BCUT2D eigenvalue weighted by atomic mass is 9.90. The molecule has 62 heavy (non-hydrogen) atoms. The number of aryl methyl sites for hydroxylation is 1. The van der Waals surface area contributed by atoms with E-state index in [1.54, 1.807) is 21.9 Å². The second-order valence-corrected chi connectivity index (χ2v) is 18.4. The van der Waals surface area contributed by atoms with Crippen LogP contribution in [0.2, 0.25) is 0 Å². The van der Waals surface area contributed by atoms with Crippen LogP contribution in [0.3, 0.4) is 0 Å². The number of carbonyl (C=O) groups excluding carboxylic acids is 3. The molecule has 0 spiro atoms. The largest absolute Gasteiger partial charge is 0.493 e. The van der Waals surface area contributed by atoms with E-state index in [0.29, 0.717) is 65.3 Å². The lowest BCUT2D eigenvalue weighted by molar-refractivity contribution is -0.116. The number of aliphatic hydroxyl groups excluding tert-OH is 2. The molecule has 9 rings (SSSR count). The molecule has 2 unspecified atom stereocenters. The van der Waals surface area contributed by atoms with Gasteiger partial charge in [-0.2, -0.15) is 0 Å². The maximum absolute atomic E-state index is 14.1. The van der Waals surface area contributed by atoms with E-state index in [0.717, 1.165) is 51.2 Å². The van der Waals surface area contributed by atoms with Crippen LogP contribution in [0, 0.1) is 12.3 Å². The van der Waals surface area contributed by atoms with Crippen LogP contribution in [-0.2, 0) is 43.7 Å². The molecule has 0 bridgehead atoms. The van der Waals surface area contributed by atoms with Crippen molar-refractivity contribution in [1.82, 2.24) is 0 Å². The Morgan fingerprint density at radius 3 is 1.74 bits per heavy atom. The van der Waals surface area contributed by atoms with Gasteiger partial charge in [-0.1, -0.05) is 57.2 Å². The van der Waals surface area contributed by atoms with Crippen molar-refractivity contribution in [1.29, 1.82) is 0 Å². The van der Waals surface area contributed by atoms with Gasteiger partial charge in [0.15, 0.2) is 11.5 Å². The highest BCUT2D eigenvalue weighted by Gasteiger charge is 2.43. The summed E-state index contributed by atoms with van der Waals surface area (Å²) in [6.45, 7) is 8.48. The normalized spacial score (nSPS) is 19.9. The van der Waals surface area contributed by atoms with Gasteiger partial charge in [0, 0.05) is 47.5 Å². The van der Waals surface area contributed by atoms with Crippen LogP contribution in [-0.4, -0.2) is 59.3 Å². The van der Waals surface area contributed by atoms with Crippen molar-refractivity contribution in [2.24, 2.45) is 5.41 Å². The van der Waals surface area contributed by atoms with Gasteiger partial charge in [0.05, 0.1) is 31.4 Å². The van der Waals surface area contributed by atoms with Gasteiger partial charge in [-0.05, 0) is 125 Å². The number of ether oxygens (including phenoxy) is 3. The molecule has 11 heteroatoms. The fraction of sp³-hybridized carbons (Fsp3) is 0.353. The molecule has 3 amide bonds. The number of fused-ring (bicyclic) bond motifs is 8. The van der Waals surface area contributed by atoms with Crippen LogP contribution < -0.4 is 29.3 Å². The molecule has 320 valence electrons. The molecular formula is C51H53N3O8. The average Bonchev–Trinajstić information content (AvgIpc) is 3.79. The number of hydrogen-bond acceptors (Lipinski definition) is 8. The number of nitrogens with zero attached hydrogens (tertiary/aromatic N) is 2. The van der Waals surface area contributed by atoms with Gasteiger partial charge in [-0.15, -0.1) is 0 Å². The van der Waals surface area contributed by atoms with Gasteiger partial charge in [-0.3, -0.25) is 14.4 Å². The van der Waals surface area contributed by atoms with Gasteiger partial charge in [0.25, 0.3) is 11.8 Å². The highest BCUT2D eigenvalue weighted by atomic mass is 16.5. The smallest absolute Gasteiger partial charge is 0.259 e. The third-order valence-corrected chi connectivity index (χ3v) is 12.7. The molecule has 0 aromatic heterocycles. The van der Waals surface area contributed by atoms with Gasteiger partial charge < -0.3 is 39.5 Å². The molecule has 0 fully saturated rings. The van der Waals surface area contributed by atoms with E-state index >= 15 is 0 Å². The molecule has 0 saturated carbocycles. The topological polar surface area (TPSA) is 138 Å². The first-order valence-electron chi connectivity index (χ1n) is 21.5. The van der Waals surface area contributed by atoms with Crippen LogP contribution in [0.15, 0.2) is 91.0 Å². The van der Waals surface area contributed by atoms with Crippen molar-refractivity contribution in [3.05, 3.63) is 141 Å². The fourth-order valence-electron chi connectivity index (χ4n) is 9.48. The summed E-state index contributed by atoms with van der Waals surface area (Å²) in [7, 11) is 1.53. The summed E-state index contributed by atoms with van der Waals surface area (Å²) >= 11 is 0. The van der Waals surface area contributed by atoms with Crippen LogP contribution in [0.5, 0.6) is 17.2 Å². The Morgan fingerprint density at radius 2 is 1.19 bits per heavy atom. The molecule has 11 nitrogen and oxygen atoms in total. The van der Waals surface area contributed by atoms with Crippen LogP contribution in [0.1, 0.15) is 93.3 Å². The average molecular weight is 836 g/mol. The molecule has 3 N–H and O–H groups in total. The number of benzene rings is 5. The number of rotatable bonds is 10. The third-order valence-electron chi connectivity index (χ3n) is 12.7. The SMILES string of the molecule is COc1cc2c(cc1OCc1cc(COc3cc4c(cc3C)C(=O)N3c5ccccc5C[C@H]3C(O)C4)cc(NC(=O)CCC(C)(C)C)c1)CC(O)[C@@H]1Cc3ccccc3N1C2=O. The first-order valence-corrected chi connectivity index (χ1v) is 21.5. The number of anilines is 3. The number of para-hydroxylation sites is 2. The van der Waals surface area contributed by atoms with E-state index < -0.39 is 12.2 Å². The zero-order valence-electron chi connectivity index (χ0n) is 35.9. The summed E-state index contributed by atoms with van der Waals surface area (Å²) in [4.78, 5) is 44.8. The molecule has 0 radical (unpaired) electrons. The molecule has 0 aliphatic carbocycles. The Bertz CT molecular complexity index is 2600. The number of aliphatic hydroxyl groups is 2. The fourth-order valence-corrected chi connectivity index (χ4v) is 9.48. The quantitative estimate of drug-likeness (QED) is 0.129. The second-order valence-electron chi connectivity index (χ2n) is 18.4. The minimum atomic E-state index is -0.779. The maximum Gasteiger partial charge on any atom is 0.259 e. The number of nitrogens with one attached hydrogen (secondary N) is 1. The second kappa shape index (κ2) is 16.3. The zero-order chi connectivity index (χ0) is 43.4. The summed E-state index contributed by atoms with van der Waals surface area (Å²) in [6.07, 6.45) is 1.33. The van der Waals surface area contributed by atoms with Crippen LogP contribution in [0.25, 0.3) is 0 Å². The summed E-state index contributed by atoms with van der Waals surface area (Å²) in [5.74, 6) is 0.998. The third kappa shape index (κ3) is 7.91. The molecule has 4 heterocycles. The minimum Gasteiger partial charge on any atom is -0.493 e. The predicted octanol–water partition coefficient (Wildman–Crippen LogP) is 7.90. The molecule has 4 aliphatic heterocycles. The van der Waals surface area contributed by atoms with Crippen molar-refractivity contribution in [3.63, 3.8) is 0 Å². The predicted molar refractivity (Wildman–Crippen MR) is 238 cm³/mol. The highest BCUT2D eigenvalue weighted by molar-refractivity contribution is 6.10. The van der Waals surface area contributed by atoms with Gasteiger partial charge in [0.1, 0.15) is 19.0 Å². The van der Waals surface area contributed by atoms with Gasteiger partial charge in [-0.25, -0.2) is 0 Å². The Morgan fingerprint density at radius 1 is 0.677 bits per heavy atom. The van der Waals surface area contributed by atoms with E-state index in [-0.39, 0.29) is 54.9 Å². The van der Waals surface area contributed by atoms with E-state index in [1.807, 2.05) is 85.8 Å². The monoisotopic (exact) mass is 835 g/mol. The van der Waals surface area contributed by atoms with E-state index in [1.165, 1.54) is 7.11 Å². The maximum atomic E-state index is 14.1. The highest BCUT2D eigenvalue weighted by Crippen LogP contribution is 2.42. The molecule has 5 aromatic carbocycles. The molecular weight excluding hydrogens is 783 g/mol. The van der Waals surface area contributed by atoms with Crippen LogP contribution >= 0.6 is 0 Å². The summed E-state index contributed by atoms with van der Waals surface area (Å²) in [6, 6.07) is 27.8. The lowest BCUT2D eigenvalue weighted by Gasteiger charge is -2.26. The van der Waals surface area contributed by atoms with E-state index in [9.17, 15) is 24.6 Å². The van der Waals surface area contributed by atoms with E-state index in [4.69, 9.17) is 14.2 Å². The minimum absolute atomic E-state index is 0.00660. The van der Waals surface area contributed by atoms with Crippen molar-refractivity contribution >= 4 is 34.8 Å². The summed E-state index contributed by atoms with van der Waals surface area (Å²) < 4.78 is 18.7. The Balaban J connectivity index is 0.969.